The predicted molar refractivity (Wildman–Crippen MR) is 76.6 cm³/mol. The van der Waals surface area contributed by atoms with Crippen molar-refractivity contribution >= 4 is 5.69 Å². The Balaban J connectivity index is 2.08. The molecule has 1 aliphatic rings. The van der Waals surface area contributed by atoms with Crippen LogP contribution in [0.3, 0.4) is 0 Å². The number of aromatic nitrogens is 1. The average Bonchev–Trinajstić information content (AvgIpc) is 2.85. The van der Waals surface area contributed by atoms with Gasteiger partial charge in [0.05, 0.1) is 5.69 Å². The van der Waals surface area contributed by atoms with E-state index < -0.39 is 0 Å². The standard InChI is InChI=1S/C16H20N2O/c1-10-4-5-13-12(6-10)7-11(2)8-14(13)16-15(17-3)9-19-18-16/h4-6,9,11,14,17H,7-8H2,1-3H3. The van der Waals surface area contributed by atoms with E-state index in [-0.39, 0.29) is 0 Å². The van der Waals surface area contributed by atoms with Gasteiger partial charge in [0.15, 0.2) is 0 Å². The summed E-state index contributed by atoms with van der Waals surface area (Å²) in [5.74, 6) is 1.03. The van der Waals surface area contributed by atoms with Gasteiger partial charge in [-0.05, 0) is 36.8 Å². The summed E-state index contributed by atoms with van der Waals surface area (Å²) in [5, 5.41) is 7.40. The summed E-state index contributed by atoms with van der Waals surface area (Å²) in [5.41, 5.74) is 6.26. The lowest BCUT2D eigenvalue weighted by Gasteiger charge is -2.29. The quantitative estimate of drug-likeness (QED) is 0.889. The third-order valence-corrected chi connectivity index (χ3v) is 4.08. The third kappa shape index (κ3) is 2.14. The molecule has 1 aliphatic carbocycles. The van der Waals surface area contributed by atoms with Crippen molar-refractivity contribution in [1.29, 1.82) is 0 Å². The van der Waals surface area contributed by atoms with Gasteiger partial charge in [-0.25, -0.2) is 0 Å². The van der Waals surface area contributed by atoms with Gasteiger partial charge in [-0.15, -0.1) is 0 Å². The van der Waals surface area contributed by atoms with E-state index in [0.29, 0.717) is 11.8 Å². The maximum Gasteiger partial charge on any atom is 0.147 e. The van der Waals surface area contributed by atoms with Gasteiger partial charge in [-0.1, -0.05) is 35.8 Å². The van der Waals surface area contributed by atoms with Crippen molar-refractivity contribution in [2.75, 3.05) is 12.4 Å². The average molecular weight is 256 g/mol. The molecule has 3 rings (SSSR count). The molecule has 0 saturated heterocycles. The van der Waals surface area contributed by atoms with Gasteiger partial charge in [0.25, 0.3) is 0 Å². The highest BCUT2D eigenvalue weighted by Gasteiger charge is 2.29. The van der Waals surface area contributed by atoms with Crippen LogP contribution in [0.1, 0.15) is 41.6 Å². The lowest BCUT2D eigenvalue weighted by Crippen LogP contribution is -2.18. The topological polar surface area (TPSA) is 38.1 Å². The van der Waals surface area contributed by atoms with Crippen LogP contribution in [-0.2, 0) is 6.42 Å². The van der Waals surface area contributed by atoms with Crippen LogP contribution in [0.2, 0.25) is 0 Å². The fraction of sp³-hybridized carbons (Fsp3) is 0.438. The highest BCUT2D eigenvalue weighted by Crippen LogP contribution is 2.41. The second-order valence-electron chi connectivity index (χ2n) is 5.66. The number of benzene rings is 1. The Morgan fingerprint density at radius 3 is 3.00 bits per heavy atom. The third-order valence-electron chi connectivity index (χ3n) is 4.08. The number of hydrogen-bond acceptors (Lipinski definition) is 3. The van der Waals surface area contributed by atoms with E-state index >= 15 is 0 Å². The highest BCUT2D eigenvalue weighted by atomic mass is 16.5. The van der Waals surface area contributed by atoms with E-state index in [2.05, 4.69) is 42.5 Å². The smallest absolute Gasteiger partial charge is 0.147 e. The minimum Gasteiger partial charge on any atom is -0.384 e. The fourth-order valence-corrected chi connectivity index (χ4v) is 3.18. The minimum absolute atomic E-state index is 0.348. The molecule has 100 valence electrons. The molecule has 0 saturated carbocycles. The van der Waals surface area contributed by atoms with E-state index in [1.165, 1.54) is 23.1 Å². The Labute approximate surface area is 114 Å². The SMILES string of the molecule is CNc1conc1C1CC(C)Cc2cc(C)ccc21. The molecule has 0 fully saturated rings. The zero-order chi connectivity index (χ0) is 13.4. The minimum atomic E-state index is 0.348. The molecule has 0 bridgehead atoms. The van der Waals surface area contributed by atoms with Crippen molar-refractivity contribution in [2.45, 2.75) is 32.6 Å². The van der Waals surface area contributed by atoms with E-state index in [1.807, 2.05) is 7.05 Å². The van der Waals surface area contributed by atoms with E-state index in [0.717, 1.165) is 17.8 Å². The Morgan fingerprint density at radius 2 is 2.21 bits per heavy atom. The summed E-state index contributed by atoms with van der Waals surface area (Å²) in [6.07, 6.45) is 4.00. The molecule has 2 atom stereocenters. The van der Waals surface area contributed by atoms with Gasteiger partial charge in [-0.2, -0.15) is 0 Å². The maximum absolute atomic E-state index is 5.15. The van der Waals surface area contributed by atoms with Crippen LogP contribution >= 0.6 is 0 Å². The molecule has 0 amide bonds. The number of hydrogen-bond donors (Lipinski definition) is 1. The zero-order valence-corrected chi connectivity index (χ0v) is 11.7. The van der Waals surface area contributed by atoms with Gasteiger partial charge >= 0.3 is 0 Å². The number of anilines is 1. The van der Waals surface area contributed by atoms with Crippen LogP contribution in [0.25, 0.3) is 0 Å². The molecule has 2 aromatic rings. The molecule has 1 aromatic heterocycles. The van der Waals surface area contributed by atoms with Gasteiger partial charge in [0.2, 0.25) is 0 Å². The van der Waals surface area contributed by atoms with E-state index in [9.17, 15) is 0 Å². The fourth-order valence-electron chi connectivity index (χ4n) is 3.18. The van der Waals surface area contributed by atoms with E-state index in [1.54, 1.807) is 6.26 Å². The zero-order valence-electron chi connectivity index (χ0n) is 11.7. The summed E-state index contributed by atoms with van der Waals surface area (Å²) in [6, 6.07) is 6.77. The summed E-state index contributed by atoms with van der Waals surface area (Å²) >= 11 is 0. The lowest BCUT2D eigenvalue weighted by atomic mass is 9.75. The van der Waals surface area contributed by atoms with Gasteiger partial charge < -0.3 is 9.84 Å². The first-order valence-corrected chi connectivity index (χ1v) is 6.90. The molecular weight excluding hydrogens is 236 g/mol. The number of rotatable bonds is 2. The van der Waals surface area contributed by atoms with Crippen molar-refractivity contribution in [2.24, 2.45) is 5.92 Å². The van der Waals surface area contributed by atoms with Crippen LogP contribution in [0.4, 0.5) is 5.69 Å². The van der Waals surface area contributed by atoms with Gasteiger partial charge in [0.1, 0.15) is 12.0 Å². The Bertz CT molecular complexity index is 588. The first-order valence-electron chi connectivity index (χ1n) is 6.90. The number of aryl methyl sites for hydroxylation is 1. The summed E-state index contributed by atoms with van der Waals surface area (Å²) in [4.78, 5) is 0. The van der Waals surface area contributed by atoms with Crippen LogP contribution in [-0.4, -0.2) is 12.2 Å². The van der Waals surface area contributed by atoms with Crippen LogP contribution < -0.4 is 5.32 Å². The van der Waals surface area contributed by atoms with Crippen molar-refractivity contribution in [3.63, 3.8) is 0 Å². The largest absolute Gasteiger partial charge is 0.384 e. The van der Waals surface area contributed by atoms with Gasteiger partial charge in [0, 0.05) is 13.0 Å². The molecule has 0 radical (unpaired) electrons. The Hall–Kier alpha value is -1.77. The van der Waals surface area contributed by atoms with E-state index in [4.69, 9.17) is 4.52 Å². The predicted octanol–water partition coefficient (Wildman–Crippen LogP) is 3.74. The van der Waals surface area contributed by atoms with Crippen LogP contribution in [0.5, 0.6) is 0 Å². The first kappa shape index (κ1) is 12.3. The molecule has 1 N–H and O–H groups in total. The summed E-state index contributed by atoms with van der Waals surface area (Å²) in [6.45, 7) is 4.47. The Kier molecular flexibility index (Phi) is 3.05. The molecule has 0 aliphatic heterocycles. The molecule has 1 heterocycles. The lowest BCUT2D eigenvalue weighted by molar-refractivity contribution is 0.393. The van der Waals surface area contributed by atoms with Gasteiger partial charge in [-0.3, -0.25) is 0 Å². The number of nitrogens with one attached hydrogen (secondary N) is 1. The molecule has 2 unspecified atom stereocenters. The second kappa shape index (κ2) is 4.72. The van der Waals surface area contributed by atoms with Crippen LogP contribution in [0, 0.1) is 12.8 Å². The molecule has 19 heavy (non-hydrogen) atoms. The van der Waals surface area contributed by atoms with Crippen molar-refractivity contribution < 1.29 is 4.52 Å². The maximum atomic E-state index is 5.15. The number of fused-ring (bicyclic) bond motifs is 1. The van der Waals surface area contributed by atoms with Crippen LogP contribution in [0.15, 0.2) is 29.0 Å². The molecule has 1 aromatic carbocycles. The highest BCUT2D eigenvalue weighted by molar-refractivity contribution is 5.51. The van der Waals surface area contributed by atoms with Crippen molar-refractivity contribution in [3.05, 3.63) is 46.8 Å². The number of nitrogens with zero attached hydrogens (tertiary/aromatic N) is 1. The normalized spacial score (nSPS) is 22.1. The monoisotopic (exact) mass is 256 g/mol. The molecule has 3 nitrogen and oxygen atoms in total. The summed E-state index contributed by atoms with van der Waals surface area (Å²) < 4.78 is 5.15. The summed E-state index contributed by atoms with van der Waals surface area (Å²) in [7, 11) is 1.92. The first-order chi connectivity index (χ1) is 9.19. The molecular formula is C16H20N2O. The molecule has 0 spiro atoms. The second-order valence-corrected chi connectivity index (χ2v) is 5.66. The van der Waals surface area contributed by atoms with Crippen molar-refractivity contribution in [3.8, 4) is 0 Å². The Morgan fingerprint density at radius 1 is 1.37 bits per heavy atom. The molecule has 3 heteroatoms. The van der Waals surface area contributed by atoms with Crippen molar-refractivity contribution in [1.82, 2.24) is 5.16 Å².